The molecule has 0 amide bonds. The predicted octanol–water partition coefficient (Wildman–Crippen LogP) is 3.65. The van der Waals surface area contributed by atoms with Crippen LogP contribution in [0.15, 0.2) is 30.3 Å². The monoisotopic (exact) mass is 452 g/mol. The van der Waals surface area contributed by atoms with E-state index in [9.17, 15) is 0 Å². The first-order chi connectivity index (χ1) is 15.3. The summed E-state index contributed by atoms with van der Waals surface area (Å²) in [4.78, 5) is 0. The molecule has 0 radical (unpaired) electrons. The molecule has 182 valence electrons. The highest BCUT2D eigenvalue weighted by Gasteiger charge is 2.29. The highest BCUT2D eigenvalue weighted by atomic mass is 16.7. The van der Waals surface area contributed by atoms with E-state index in [0.29, 0.717) is 66.1 Å². The first kappa shape index (κ1) is 25.6. The van der Waals surface area contributed by atoms with Crippen molar-refractivity contribution >= 4 is 0 Å². The van der Waals surface area contributed by atoms with Gasteiger partial charge < -0.3 is 33.2 Å². The molecular formula is C25H40O7. The van der Waals surface area contributed by atoms with E-state index in [1.807, 2.05) is 45.9 Å². The maximum Gasteiger partial charge on any atom is 0.162 e. The lowest BCUT2D eigenvalue weighted by Gasteiger charge is -2.35. The Morgan fingerprint density at radius 1 is 0.719 bits per heavy atom. The van der Waals surface area contributed by atoms with Crippen LogP contribution in [0.25, 0.3) is 0 Å². The zero-order valence-electron chi connectivity index (χ0n) is 20.0. The third-order valence-electron chi connectivity index (χ3n) is 5.55. The van der Waals surface area contributed by atoms with Gasteiger partial charge in [-0.2, -0.15) is 0 Å². The summed E-state index contributed by atoms with van der Waals surface area (Å²) in [6.07, 6.45) is 0. The van der Waals surface area contributed by atoms with Crippen LogP contribution in [-0.2, 0) is 39.8 Å². The Morgan fingerprint density at radius 2 is 1.16 bits per heavy atom. The molecule has 2 saturated heterocycles. The average Bonchev–Trinajstić information content (AvgIpc) is 2.76. The average molecular weight is 453 g/mol. The summed E-state index contributed by atoms with van der Waals surface area (Å²) >= 11 is 0. The third-order valence-corrected chi connectivity index (χ3v) is 5.55. The summed E-state index contributed by atoms with van der Waals surface area (Å²) in [5.41, 5.74) is 1.16. The molecule has 0 atom stereocenters. The van der Waals surface area contributed by atoms with Gasteiger partial charge in [0.25, 0.3) is 0 Å². The van der Waals surface area contributed by atoms with Gasteiger partial charge in [-0.3, -0.25) is 0 Å². The maximum atomic E-state index is 6.01. The second kappa shape index (κ2) is 12.4. The van der Waals surface area contributed by atoms with Crippen molar-refractivity contribution in [3.8, 4) is 0 Å². The molecule has 1 aromatic carbocycles. The Balaban J connectivity index is 1.38. The van der Waals surface area contributed by atoms with E-state index in [-0.39, 0.29) is 17.8 Å². The van der Waals surface area contributed by atoms with Gasteiger partial charge in [-0.1, -0.05) is 30.3 Å². The van der Waals surface area contributed by atoms with Crippen molar-refractivity contribution in [2.45, 2.75) is 45.9 Å². The maximum absolute atomic E-state index is 6.01. The van der Waals surface area contributed by atoms with Gasteiger partial charge in [0.2, 0.25) is 0 Å². The fourth-order valence-corrected chi connectivity index (χ4v) is 3.51. The van der Waals surface area contributed by atoms with Gasteiger partial charge >= 0.3 is 0 Å². The number of rotatable bonds is 12. The number of hydrogen-bond acceptors (Lipinski definition) is 7. The molecule has 32 heavy (non-hydrogen) atoms. The molecule has 1 aromatic rings. The minimum absolute atomic E-state index is 0.141. The molecule has 2 heterocycles. The van der Waals surface area contributed by atoms with Crippen LogP contribution in [-0.4, -0.2) is 71.0 Å². The Labute approximate surface area is 192 Å². The van der Waals surface area contributed by atoms with Gasteiger partial charge in [0, 0.05) is 17.8 Å². The Morgan fingerprint density at radius 3 is 1.62 bits per heavy atom. The van der Waals surface area contributed by atoms with E-state index in [1.165, 1.54) is 0 Å². The Kier molecular flexibility index (Phi) is 9.92. The minimum atomic E-state index is -0.500. The van der Waals surface area contributed by atoms with E-state index >= 15 is 0 Å². The van der Waals surface area contributed by atoms with E-state index < -0.39 is 11.6 Å². The molecular weight excluding hydrogens is 412 g/mol. The smallest absolute Gasteiger partial charge is 0.162 e. The summed E-state index contributed by atoms with van der Waals surface area (Å²) in [7, 11) is 0. The normalized spacial score (nSPS) is 21.8. The summed E-state index contributed by atoms with van der Waals surface area (Å²) < 4.78 is 40.9. The van der Waals surface area contributed by atoms with Crippen molar-refractivity contribution < 1.29 is 33.2 Å². The molecule has 0 aliphatic carbocycles. The molecule has 0 spiro atoms. The first-order valence-corrected chi connectivity index (χ1v) is 11.6. The lowest BCUT2D eigenvalue weighted by Crippen LogP contribution is -2.41. The number of hydrogen-bond donors (Lipinski definition) is 0. The molecule has 3 rings (SSSR count). The van der Waals surface area contributed by atoms with E-state index in [2.05, 4.69) is 12.1 Å². The van der Waals surface area contributed by atoms with Crippen LogP contribution in [0.5, 0.6) is 0 Å². The molecule has 0 bridgehead atoms. The fraction of sp³-hybridized carbons (Fsp3) is 0.760. The molecule has 7 nitrogen and oxygen atoms in total. The number of benzene rings is 1. The molecule has 0 N–H and O–H groups in total. The van der Waals surface area contributed by atoms with Crippen LogP contribution in [0.2, 0.25) is 0 Å². The lowest BCUT2D eigenvalue weighted by atomic mass is 10.1. The van der Waals surface area contributed by atoms with Crippen molar-refractivity contribution in [3.05, 3.63) is 35.9 Å². The topological polar surface area (TPSA) is 64.6 Å². The summed E-state index contributed by atoms with van der Waals surface area (Å²) in [5, 5.41) is 0. The zero-order valence-corrected chi connectivity index (χ0v) is 20.0. The van der Waals surface area contributed by atoms with E-state index in [0.717, 1.165) is 5.56 Å². The minimum Gasteiger partial charge on any atom is -0.381 e. The first-order valence-electron chi connectivity index (χ1n) is 11.6. The summed E-state index contributed by atoms with van der Waals surface area (Å²) in [5.74, 6) is -0.369. The van der Waals surface area contributed by atoms with Gasteiger partial charge in [-0.15, -0.1) is 0 Å². The highest BCUT2D eigenvalue weighted by molar-refractivity contribution is 5.13. The van der Waals surface area contributed by atoms with Crippen molar-refractivity contribution in [1.82, 2.24) is 0 Å². The summed E-state index contributed by atoms with van der Waals surface area (Å²) in [6, 6.07) is 10.2. The van der Waals surface area contributed by atoms with E-state index in [4.69, 9.17) is 33.2 Å². The van der Waals surface area contributed by atoms with Crippen molar-refractivity contribution in [3.63, 3.8) is 0 Å². The van der Waals surface area contributed by atoms with Crippen molar-refractivity contribution in [1.29, 1.82) is 0 Å². The Hall–Kier alpha value is -1.06. The molecule has 7 heteroatoms. The predicted molar refractivity (Wildman–Crippen MR) is 120 cm³/mol. The van der Waals surface area contributed by atoms with Gasteiger partial charge in [0.1, 0.15) is 0 Å². The largest absolute Gasteiger partial charge is 0.381 e. The SMILES string of the molecule is CC1(C)OCC(COCC(COCc2ccccc2)COCC2COC(C)(C)OC2)CO1. The van der Waals surface area contributed by atoms with E-state index in [1.54, 1.807) is 0 Å². The van der Waals surface area contributed by atoms with Crippen LogP contribution in [0.4, 0.5) is 0 Å². The third kappa shape index (κ3) is 9.43. The second-order valence-corrected chi connectivity index (χ2v) is 9.72. The van der Waals surface area contributed by atoms with Crippen LogP contribution >= 0.6 is 0 Å². The molecule has 2 aliphatic heterocycles. The van der Waals surface area contributed by atoms with Crippen LogP contribution < -0.4 is 0 Å². The zero-order chi connectivity index (χ0) is 22.9. The standard InChI is InChI=1S/C25H40O7/c1-24(2)29-16-22(17-30-24)14-27-12-21(11-26-10-20-8-6-5-7-9-20)13-28-15-23-18-31-25(3,4)32-19-23/h5-9,21-23H,10-19H2,1-4H3. The molecule has 2 fully saturated rings. The fourth-order valence-electron chi connectivity index (χ4n) is 3.51. The van der Waals surface area contributed by atoms with Crippen LogP contribution in [0.1, 0.15) is 33.3 Å². The second-order valence-electron chi connectivity index (χ2n) is 9.72. The van der Waals surface area contributed by atoms with Crippen molar-refractivity contribution in [2.75, 3.05) is 59.5 Å². The van der Waals surface area contributed by atoms with Gasteiger partial charge in [-0.05, 0) is 33.3 Å². The molecule has 0 saturated carbocycles. The molecule has 2 aliphatic rings. The van der Waals surface area contributed by atoms with Crippen LogP contribution in [0.3, 0.4) is 0 Å². The van der Waals surface area contributed by atoms with Crippen molar-refractivity contribution in [2.24, 2.45) is 17.8 Å². The summed E-state index contributed by atoms with van der Waals surface area (Å²) in [6.45, 7) is 13.8. The van der Waals surface area contributed by atoms with Gasteiger partial charge in [-0.25, -0.2) is 0 Å². The quantitative estimate of drug-likeness (QED) is 0.480. The van der Waals surface area contributed by atoms with Crippen LogP contribution in [0, 0.1) is 17.8 Å². The highest BCUT2D eigenvalue weighted by Crippen LogP contribution is 2.22. The lowest BCUT2D eigenvalue weighted by molar-refractivity contribution is -0.267. The van der Waals surface area contributed by atoms with Gasteiger partial charge in [0.15, 0.2) is 11.6 Å². The number of ether oxygens (including phenoxy) is 7. The molecule has 0 unspecified atom stereocenters. The van der Waals surface area contributed by atoms with Gasteiger partial charge in [0.05, 0.1) is 66.1 Å². The Bertz CT molecular complexity index is 595. The molecule has 0 aromatic heterocycles.